The van der Waals surface area contributed by atoms with Crippen molar-refractivity contribution in [1.29, 1.82) is 0 Å². The number of aromatic nitrogens is 1. The van der Waals surface area contributed by atoms with E-state index in [-0.39, 0.29) is 10.8 Å². The topological polar surface area (TPSA) is 24.1 Å². The molecule has 0 saturated carbocycles. The van der Waals surface area contributed by atoms with Crippen LogP contribution in [0.1, 0.15) is 83.9 Å². The lowest BCUT2D eigenvalue weighted by molar-refractivity contribution is -0.688. The zero-order chi connectivity index (χ0) is 19.4. The first kappa shape index (κ1) is 20.5. The minimum absolute atomic E-state index is 0.0345. The molecule has 1 N–H and O–H groups in total. The normalized spacial score (nSPS) is 12.4. The Hall–Kier alpha value is -1.83. The largest absolute Gasteiger partial charge is 0.507 e. The van der Waals surface area contributed by atoms with E-state index >= 15 is 0 Å². The van der Waals surface area contributed by atoms with Gasteiger partial charge >= 0.3 is 0 Å². The molecule has 0 saturated heterocycles. The van der Waals surface area contributed by atoms with Crippen LogP contribution >= 0.6 is 0 Å². The molecule has 0 aliphatic carbocycles. The zero-order valence-corrected chi connectivity index (χ0v) is 17.5. The monoisotopic (exact) mass is 354 g/mol. The SMILES string of the molecule is CCCC(C)(C)c1cc(C[n+]2ccccc2)cc(C(C)(C)CCC)c1O. The van der Waals surface area contributed by atoms with E-state index in [9.17, 15) is 5.11 Å². The molecule has 1 aromatic heterocycles. The van der Waals surface area contributed by atoms with Gasteiger partial charge in [0.25, 0.3) is 0 Å². The first-order valence-corrected chi connectivity index (χ1v) is 10.0. The molecule has 0 bridgehead atoms. The molecule has 2 nitrogen and oxygen atoms in total. The van der Waals surface area contributed by atoms with Gasteiger partial charge in [0, 0.05) is 28.8 Å². The number of rotatable bonds is 8. The fraction of sp³-hybridized carbons (Fsp3) is 0.542. The van der Waals surface area contributed by atoms with E-state index in [1.54, 1.807) is 0 Å². The van der Waals surface area contributed by atoms with Crippen molar-refractivity contribution in [2.24, 2.45) is 0 Å². The predicted molar refractivity (Wildman–Crippen MR) is 110 cm³/mol. The van der Waals surface area contributed by atoms with Gasteiger partial charge in [-0.3, -0.25) is 0 Å². The zero-order valence-electron chi connectivity index (χ0n) is 17.5. The van der Waals surface area contributed by atoms with Crippen LogP contribution in [0.2, 0.25) is 0 Å². The maximum atomic E-state index is 11.2. The highest BCUT2D eigenvalue weighted by atomic mass is 16.3. The highest BCUT2D eigenvalue weighted by molar-refractivity contribution is 5.50. The molecule has 0 radical (unpaired) electrons. The summed E-state index contributed by atoms with van der Waals surface area (Å²) in [6.45, 7) is 14.3. The van der Waals surface area contributed by atoms with Gasteiger partial charge in [-0.05, 0) is 35.8 Å². The second kappa shape index (κ2) is 8.24. The number of phenolic OH excluding ortho intramolecular Hbond substituents is 1. The summed E-state index contributed by atoms with van der Waals surface area (Å²) < 4.78 is 2.19. The van der Waals surface area contributed by atoms with Gasteiger partial charge in [-0.25, -0.2) is 4.57 Å². The van der Waals surface area contributed by atoms with E-state index in [0.717, 1.165) is 43.4 Å². The van der Waals surface area contributed by atoms with Gasteiger partial charge in [-0.15, -0.1) is 0 Å². The van der Waals surface area contributed by atoms with Crippen molar-refractivity contribution in [3.8, 4) is 5.75 Å². The van der Waals surface area contributed by atoms with E-state index in [2.05, 4.69) is 82.8 Å². The Balaban J connectivity index is 2.58. The first-order chi connectivity index (χ1) is 12.2. The van der Waals surface area contributed by atoms with Crippen molar-refractivity contribution in [3.63, 3.8) is 0 Å². The van der Waals surface area contributed by atoms with Crippen LogP contribution in [0.5, 0.6) is 5.75 Å². The molecule has 1 heterocycles. The van der Waals surface area contributed by atoms with Crippen LogP contribution in [0.15, 0.2) is 42.7 Å². The Labute approximate surface area is 159 Å². The highest BCUT2D eigenvalue weighted by Gasteiger charge is 2.31. The summed E-state index contributed by atoms with van der Waals surface area (Å²) in [5, 5.41) is 11.2. The molecule has 0 amide bonds. The number of pyridine rings is 1. The quantitative estimate of drug-likeness (QED) is 0.588. The third-order valence-electron chi connectivity index (χ3n) is 5.52. The fourth-order valence-electron chi connectivity index (χ4n) is 4.09. The van der Waals surface area contributed by atoms with Crippen molar-refractivity contribution in [3.05, 3.63) is 59.4 Å². The smallest absolute Gasteiger partial charge is 0.173 e. The van der Waals surface area contributed by atoms with E-state index in [1.807, 2.05) is 6.07 Å². The van der Waals surface area contributed by atoms with Crippen LogP contribution in [0.3, 0.4) is 0 Å². The molecule has 2 rings (SSSR count). The molecule has 1 aromatic carbocycles. The Morgan fingerprint density at radius 2 is 1.27 bits per heavy atom. The lowest BCUT2D eigenvalue weighted by atomic mass is 9.73. The summed E-state index contributed by atoms with van der Waals surface area (Å²) in [6, 6.07) is 10.6. The van der Waals surface area contributed by atoms with Crippen molar-refractivity contribution in [2.45, 2.75) is 84.6 Å². The Bertz CT molecular complexity index is 677. The van der Waals surface area contributed by atoms with Gasteiger partial charge < -0.3 is 5.11 Å². The van der Waals surface area contributed by atoms with Crippen molar-refractivity contribution in [2.75, 3.05) is 0 Å². The summed E-state index contributed by atoms with van der Waals surface area (Å²) in [6.07, 6.45) is 8.54. The Kier molecular flexibility index (Phi) is 6.49. The minimum atomic E-state index is -0.0345. The van der Waals surface area contributed by atoms with Gasteiger partial charge in [0.05, 0.1) is 0 Å². The lowest BCUT2D eigenvalue weighted by Crippen LogP contribution is -2.33. The molecule has 2 aromatic rings. The number of phenols is 1. The summed E-state index contributed by atoms with van der Waals surface area (Å²) in [5.74, 6) is 0.503. The third kappa shape index (κ3) is 4.66. The summed E-state index contributed by atoms with van der Waals surface area (Å²) >= 11 is 0. The molecular formula is C24H36NO+. The molecule has 0 fully saturated rings. The van der Waals surface area contributed by atoms with Crippen LogP contribution < -0.4 is 4.57 Å². The predicted octanol–water partition coefficient (Wildman–Crippen LogP) is 5.88. The van der Waals surface area contributed by atoms with Crippen molar-refractivity contribution in [1.82, 2.24) is 0 Å². The minimum Gasteiger partial charge on any atom is -0.507 e. The number of benzene rings is 1. The summed E-state index contributed by atoms with van der Waals surface area (Å²) in [4.78, 5) is 0. The van der Waals surface area contributed by atoms with E-state index in [4.69, 9.17) is 0 Å². The van der Waals surface area contributed by atoms with Gasteiger partial charge in [-0.2, -0.15) is 0 Å². The first-order valence-electron chi connectivity index (χ1n) is 10.0. The molecule has 0 spiro atoms. The van der Waals surface area contributed by atoms with Crippen LogP contribution in [0.4, 0.5) is 0 Å². The van der Waals surface area contributed by atoms with Crippen LogP contribution in [-0.2, 0) is 17.4 Å². The number of nitrogens with zero attached hydrogens (tertiary/aromatic N) is 1. The van der Waals surface area contributed by atoms with Crippen LogP contribution in [-0.4, -0.2) is 5.11 Å². The van der Waals surface area contributed by atoms with Crippen molar-refractivity contribution >= 4 is 0 Å². The van der Waals surface area contributed by atoms with Gasteiger partial charge in [0.2, 0.25) is 0 Å². The lowest BCUT2D eigenvalue weighted by Gasteiger charge is -2.32. The van der Waals surface area contributed by atoms with Gasteiger partial charge in [0.1, 0.15) is 5.75 Å². The fourth-order valence-corrected chi connectivity index (χ4v) is 4.09. The number of hydrogen-bond donors (Lipinski definition) is 1. The Morgan fingerprint density at radius 3 is 1.69 bits per heavy atom. The average Bonchev–Trinajstić information content (AvgIpc) is 2.57. The molecule has 0 aliphatic rings. The standard InChI is InChI=1S/C24H35NO/c1-7-12-23(3,4)20-16-19(18-25-14-10-9-11-15-25)17-21(22(20)26)24(5,6)13-8-2/h9-11,14-17H,7-8,12-13,18H2,1-6H3/p+1. The van der Waals surface area contributed by atoms with E-state index in [0.29, 0.717) is 5.75 Å². The van der Waals surface area contributed by atoms with Crippen LogP contribution in [0.25, 0.3) is 0 Å². The molecule has 0 atom stereocenters. The maximum Gasteiger partial charge on any atom is 0.173 e. The van der Waals surface area contributed by atoms with E-state index < -0.39 is 0 Å². The van der Waals surface area contributed by atoms with Gasteiger partial charge in [-0.1, -0.05) is 60.5 Å². The number of aromatic hydroxyl groups is 1. The summed E-state index contributed by atoms with van der Waals surface area (Å²) in [5.41, 5.74) is 3.37. The molecular weight excluding hydrogens is 318 g/mol. The van der Waals surface area contributed by atoms with E-state index in [1.165, 1.54) is 5.56 Å². The number of hydrogen-bond acceptors (Lipinski definition) is 1. The summed E-state index contributed by atoms with van der Waals surface area (Å²) in [7, 11) is 0. The second-order valence-corrected chi connectivity index (χ2v) is 8.86. The Morgan fingerprint density at radius 1 is 0.808 bits per heavy atom. The molecule has 0 unspecified atom stereocenters. The molecule has 26 heavy (non-hydrogen) atoms. The molecule has 2 heteroatoms. The van der Waals surface area contributed by atoms with Crippen LogP contribution in [0, 0.1) is 0 Å². The average molecular weight is 355 g/mol. The van der Waals surface area contributed by atoms with Crippen molar-refractivity contribution < 1.29 is 9.67 Å². The van der Waals surface area contributed by atoms with Gasteiger partial charge in [0.15, 0.2) is 18.9 Å². The molecule has 142 valence electrons. The maximum absolute atomic E-state index is 11.2. The molecule has 0 aliphatic heterocycles. The third-order valence-corrected chi connectivity index (χ3v) is 5.52. The second-order valence-electron chi connectivity index (χ2n) is 8.86. The highest BCUT2D eigenvalue weighted by Crippen LogP contribution is 2.43.